The van der Waals surface area contributed by atoms with E-state index < -0.39 is 5.97 Å². The number of rotatable bonds is 10. The number of ether oxygens (including phenoxy) is 1. The van der Waals surface area contributed by atoms with E-state index in [0.717, 1.165) is 36.2 Å². The highest BCUT2D eigenvalue weighted by Gasteiger charge is 2.24. The molecule has 0 unspecified atom stereocenters. The summed E-state index contributed by atoms with van der Waals surface area (Å²) in [7, 11) is 0. The summed E-state index contributed by atoms with van der Waals surface area (Å²) in [4.78, 5) is 30.9. The maximum absolute atomic E-state index is 13.1. The van der Waals surface area contributed by atoms with Crippen molar-refractivity contribution in [3.05, 3.63) is 64.2 Å². The standard InChI is InChI=1S/C26H33N5O3S/c1-4-34-25(33)23-18(2)24(27-19(23)3)21(32)17-35-26-29-28-22(16-30-13-9-6-10-14-30)31(26)15-20-11-7-5-8-12-20/h5,7-8,11-12,27H,4,6,9-10,13-17H2,1-3H3. The van der Waals surface area contributed by atoms with E-state index >= 15 is 0 Å². The van der Waals surface area contributed by atoms with Gasteiger partial charge in [-0.3, -0.25) is 9.69 Å². The van der Waals surface area contributed by atoms with E-state index in [0.29, 0.717) is 35.7 Å². The molecule has 0 radical (unpaired) electrons. The van der Waals surface area contributed by atoms with Gasteiger partial charge in [0.2, 0.25) is 0 Å². The number of carbonyl (C=O) groups excluding carboxylic acids is 2. The fraction of sp³-hybridized carbons (Fsp3) is 0.462. The number of esters is 1. The van der Waals surface area contributed by atoms with Crippen molar-refractivity contribution in [2.75, 3.05) is 25.4 Å². The second-order valence-corrected chi connectivity index (χ2v) is 9.81. The van der Waals surface area contributed by atoms with Crippen LogP contribution in [0.25, 0.3) is 0 Å². The van der Waals surface area contributed by atoms with Crippen molar-refractivity contribution in [2.45, 2.75) is 58.3 Å². The number of nitrogens with zero attached hydrogens (tertiary/aromatic N) is 4. The van der Waals surface area contributed by atoms with Crippen LogP contribution in [0.3, 0.4) is 0 Å². The summed E-state index contributed by atoms with van der Waals surface area (Å²) in [5, 5.41) is 9.68. The smallest absolute Gasteiger partial charge is 0.340 e. The normalized spacial score (nSPS) is 14.3. The number of piperidine rings is 1. The van der Waals surface area contributed by atoms with Crippen LogP contribution in [0.2, 0.25) is 0 Å². The predicted molar refractivity (Wildman–Crippen MR) is 136 cm³/mol. The van der Waals surface area contributed by atoms with E-state index in [9.17, 15) is 9.59 Å². The summed E-state index contributed by atoms with van der Waals surface area (Å²) in [6.45, 7) is 9.19. The zero-order valence-electron chi connectivity index (χ0n) is 20.7. The molecule has 3 aromatic rings. The molecule has 186 valence electrons. The van der Waals surface area contributed by atoms with Crippen molar-refractivity contribution in [3.8, 4) is 0 Å². The van der Waals surface area contributed by atoms with Crippen molar-refractivity contribution in [3.63, 3.8) is 0 Å². The third-order valence-corrected chi connectivity index (χ3v) is 7.29. The summed E-state index contributed by atoms with van der Waals surface area (Å²) >= 11 is 1.38. The van der Waals surface area contributed by atoms with E-state index in [-0.39, 0.29) is 11.5 Å². The number of aryl methyl sites for hydroxylation is 1. The molecular formula is C26H33N5O3S. The van der Waals surface area contributed by atoms with Crippen molar-refractivity contribution < 1.29 is 14.3 Å². The van der Waals surface area contributed by atoms with E-state index in [2.05, 4.69) is 36.8 Å². The molecule has 0 aliphatic carbocycles. The average molecular weight is 496 g/mol. The lowest BCUT2D eigenvalue weighted by atomic mass is 10.1. The minimum Gasteiger partial charge on any atom is -0.462 e. The topological polar surface area (TPSA) is 93.1 Å². The lowest BCUT2D eigenvalue weighted by Gasteiger charge is -2.26. The van der Waals surface area contributed by atoms with Crippen molar-refractivity contribution >= 4 is 23.5 Å². The van der Waals surface area contributed by atoms with Crippen LogP contribution in [0.5, 0.6) is 0 Å². The number of carbonyl (C=O) groups is 2. The highest BCUT2D eigenvalue weighted by atomic mass is 32.2. The van der Waals surface area contributed by atoms with Gasteiger partial charge < -0.3 is 14.3 Å². The maximum atomic E-state index is 13.1. The number of ketones is 1. The summed E-state index contributed by atoms with van der Waals surface area (Å²) in [5.41, 5.74) is 3.32. The van der Waals surface area contributed by atoms with Gasteiger partial charge >= 0.3 is 5.97 Å². The fourth-order valence-electron chi connectivity index (χ4n) is 4.53. The Labute approximate surface area is 210 Å². The third-order valence-electron chi connectivity index (χ3n) is 6.32. The van der Waals surface area contributed by atoms with Gasteiger partial charge in [-0.05, 0) is 57.8 Å². The first kappa shape index (κ1) is 25.2. The van der Waals surface area contributed by atoms with Crippen LogP contribution in [0.15, 0.2) is 35.5 Å². The molecule has 2 aromatic heterocycles. The molecule has 8 nitrogen and oxygen atoms in total. The molecule has 1 saturated heterocycles. The van der Waals surface area contributed by atoms with Crippen LogP contribution in [0.1, 0.15) is 69.7 Å². The number of benzene rings is 1. The quantitative estimate of drug-likeness (QED) is 0.253. The number of Topliss-reactive ketones (excluding diaryl/α,β-unsaturated/α-hetero) is 1. The first-order valence-electron chi connectivity index (χ1n) is 12.2. The Morgan fingerprint density at radius 2 is 1.80 bits per heavy atom. The Morgan fingerprint density at radius 3 is 2.51 bits per heavy atom. The molecule has 0 bridgehead atoms. The second-order valence-electron chi connectivity index (χ2n) is 8.86. The molecule has 1 aliphatic heterocycles. The largest absolute Gasteiger partial charge is 0.462 e. The first-order valence-corrected chi connectivity index (χ1v) is 13.2. The van der Waals surface area contributed by atoms with E-state index in [1.165, 1.54) is 31.0 Å². The molecule has 1 N–H and O–H groups in total. The summed E-state index contributed by atoms with van der Waals surface area (Å²) in [6, 6.07) is 10.2. The van der Waals surface area contributed by atoms with Gasteiger partial charge in [-0.2, -0.15) is 0 Å². The summed E-state index contributed by atoms with van der Waals surface area (Å²) in [6.07, 6.45) is 3.71. The number of hydrogen-bond donors (Lipinski definition) is 1. The third kappa shape index (κ3) is 6.02. The molecule has 0 atom stereocenters. The molecule has 1 aromatic carbocycles. The number of aromatic amines is 1. The zero-order valence-corrected chi connectivity index (χ0v) is 21.5. The van der Waals surface area contributed by atoms with Gasteiger partial charge in [0.05, 0.1) is 36.7 Å². The Morgan fingerprint density at radius 1 is 1.06 bits per heavy atom. The molecule has 0 spiro atoms. The van der Waals surface area contributed by atoms with E-state index in [1.807, 2.05) is 18.2 Å². The number of thioether (sulfide) groups is 1. The van der Waals surface area contributed by atoms with E-state index in [1.54, 1.807) is 20.8 Å². The lowest BCUT2D eigenvalue weighted by Crippen LogP contribution is -2.30. The monoisotopic (exact) mass is 495 g/mol. The van der Waals surface area contributed by atoms with Gasteiger partial charge in [0, 0.05) is 5.69 Å². The van der Waals surface area contributed by atoms with Gasteiger partial charge in [-0.25, -0.2) is 4.79 Å². The number of likely N-dealkylation sites (tertiary alicyclic amines) is 1. The van der Waals surface area contributed by atoms with Crippen molar-refractivity contribution in [1.29, 1.82) is 0 Å². The number of hydrogen-bond acceptors (Lipinski definition) is 7. The highest BCUT2D eigenvalue weighted by molar-refractivity contribution is 7.99. The minimum absolute atomic E-state index is 0.0852. The molecular weight excluding hydrogens is 462 g/mol. The molecule has 35 heavy (non-hydrogen) atoms. The van der Waals surface area contributed by atoms with E-state index in [4.69, 9.17) is 4.74 Å². The van der Waals surface area contributed by atoms with Crippen LogP contribution in [-0.4, -0.2) is 61.9 Å². The minimum atomic E-state index is -0.407. The molecule has 0 amide bonds. The summed E-state index contributed by atoms with van der Waals surface area (Å²) in [5.74, 6) is 0.621. The number of aromatic nitrogens is 4. The van der Waals surface area contributed by atoms with Gasteiger partial charge in [0.25, 0.3) is 0 Å². The fourth-order valence-corrected chi connectivity index (χ4v) is 5.35. The Balaban J connectivity index is 1.52. The van der Waals surface area contributed by atoms with Crippen LogP contribution in [0, 0.1) is 13.8 Å². The molecule has 9 heteroatoms. The molecule has 3 heterocycles. The maximum Gasteiger partial charge on any atom is 0.340 e. The lowest BCUT2D eigenvalue weighted by molar-refractivity contribution is 0.0525. The van der Waals surface area contributed by atoms with Crippen LogP contribution in [0.4, 0.5) is 0 Å². The average Bonchev–Trinajstić information content (AvgIpc) is 3.38. The van der Waals surface area contributed by atoms with Gasteiger partial charge in [0.15, 0.2) is 10.9 Å². The van der Waals surface area contributed by atoms with Crippen molar-refractivity contribution in [2.24, 2.45) is 0 Å². The second kappa shape index (κ2) is 11.7. The SMILES string of the molecule is CCOC(=O)c1c(C)[nH]c(C(=O)CSc2nnc(CN3CCCCC3)n2Cc2ccccc2)c1C. The number of H-pyrrole nitrogens is 1. The Hall–Kier alpha value is -2.91. The van der Waals surface area contributed by atoms with Gasteiger partial charge in [-0.15, -0.1) is 10.2 Å². The molecule has 4 rings (SSSR count). The van der Waals surface area contributed by atoms with Crippen molar-refractivity contribution in [1.82, 2.24) is 24.6 Å². The highest BCUT2D eigenvalue weighted by Crippen LogP contribution is 2.24. The Kier molecular flexibility index (Phi) is 8.41. The molecule has 1 aliphatic rings. The molecule has 1 fully saturated rings. The van der Waals surface area contributed by atoms with Crippen LogP contribution in [-0.2, 0) is 17.8 Å². The van der Waals surface area contributed by atoms with Gasteiger partial charge in [0.1, 0.15) is 5.82 Å². The molecule has 0 saturated carbocycles. The first-order chi connectivity index (χ1) is 17.0. The number of nitrogens with one attached hydrogen (secondary N) is 1. The van der Waals surface area contributed by atoms with Crippen LogP contribution >= 0.6 is 11.8 Å². The van der Waals surface area contributed by atoms with Gasteiger partial charge in [-0.1, -0.05) is 48.5 Å². The van der Waals surface area contributed by atoms with Crippen LogP contribution < -0.4 is 0 Å². The zero-order chi connectivity index (χ0) is 24.8. The predicted octanol–water partition coefficient (Wildman–Crippen LogP) is 4.41. The Bertz CT molecular complexity index is 1170. The summed E-state index contributed by atoms with van der Waals surface area (Å²) < 4.78 is 7.27.